The minimum atomic E-state index is -0.531. The molecule has 0 saturated carbocycles. The highest BCUT2D eigenvalue weighted by molar-refractivity contribution is 6.03. The normalized spacial score (nSPS) is 10.2. The SMILES string of the molecule is CCOC(=O)c1ccc(N)cc1N(C)C(=O)COc1ccc(O)cc1. The number of hydrogen-bond donors (Lipinski definition) is 2. The number of hydrogen-bond acceptors (Lipinski definition) is 6. The molecular weight excluding hydrogens is 324 g/mol. The van der Waals surface area contributed by atoms with Crippen molar-refractivity contribution in [3.63, 3.8) is 0 Å². The molecule has 0 aliphatic heterocycles. The van der Waals surface area contributed by atoms with Crippen LogP contribution in [0.15, 0.2) is 42.5 Å². The Morgan fingerprint density at radius 2 is 1.84 bits per heavy atom. The van der Waals surface area contributed by atoms with Crippen LogP contribution < -0.4 is 15.4 Å². The van der Waals surface area contributed by atoms with Crippen LogP contribution in [0.3, 0.4) is 0 Å². The summed E-state index contributed by atoms with van der Waals surface area (Å²) in [4.78, 5) is 25.7. The third-order valence-electron chi connectivity index (χ3n) is 3.45. The van der Waals surface area contributed by atoms with E-state index in [0.717, 1.165) is 0 Å². The van der Waals surface area contributed by atoms with Crippen molar-refractivity contribution in [2.45, 2.75) is 6.92 Å². The number of ether oxygens (including phenoxy) is 2. The molecule has 0 bridgehead atoms. The third kappa shape index (κ3) is 4.63. The van der Waals surface area contributed by atoms with E-state index in [-0.39, 0.29) is 30.4 Å². The van der Waals surface area contributed by atoms with Gasteiger partial charge in [-0.15, -0.1) is 0 Å². The lowest BCUT2D eigenvalue weighted by molar-refractivity contribution is -0.120. The lowest BCUT2D eigenvalue weighted by atomic mass is 10.1. The number of likely N-dealkylation sites (N-methyl/N-ethyl adjacent to an activating group) is 1. The van der Waals surface area contributed by atoms with E-state index in [0.29, 0.717) is 17.1 Å². The number of amides is 1. The predicted molar refractivity (Wildman–Crippen MR) is 93.8 cm³/mol. The number of carbonyl (C=O) groups is 2. The molecule has 2 aromatic rings. The first kappa shape index (κ1) is 18.1. The summed E-state index contributed by atoms with van der Waals surface area (Å²) in [5.41, 5.74) is 6.78. The molecule has 0 unspecified atom stereocenters. The Hall–Kier alpha value is -3.22. The van der Waals surface area contributed by atoms with Gasteiger partial charge in [0.05, 0.1) is 17.9 Å². The molecule has 25 heavy (non-hydrogen) atoms. The summed E-state index contributed by atoms with van der Waals surface area (Å²) in [6.45, 7) is 1.69. The Bertz CT molecular complexity index is 759. The average Bonchev–Trinajstić information content (AvgIpc) is 2.60. The number of aromatic hydroxyl groups is 1. The third-order valence-corrected chi connectivity index (χ3v) is 3.45. The molecule has 0 fully saturated rings. The zero-order chi connectivity index (χ0) is 18.4. The van der Waals surface area contributed by atoms with Gasteiger partial charge in [-0.05, 0) is 49.4 Å². The molecule has 2 rings (SSSR count). The van der Waals surface area contributed by atoms with Crippen LogP contribution in [0.25, 0.3) is 0 Å². The standard InChI is InChI=1S/C18H20N2O5/c1-3-24-18(23)15-9-4-12(19)10-16(15)20(2)17(22)11-25-14-7-5-13(21)6-8-14/h4-10,21H,3,11,19H2,1-2H3. The number of nitrogens with zero attached hydrogens (tertiary/aromatic N) is 1. The van der Waals surface area contributed by atoms with Gasteiger partial charge in [-0.2, -0.15) is 0 Å². The van der Waals surface area contributed by atoms with Crippen molar-refractivity contribution in [3.8, 4) is 11.5 Å². The molecule has 0 radical (unpaired) electrons. The van der Waals surface area contributed by atoms with E-state index in [1.54, 1.807) is 25.1 Å². The second kappa shape index (κ2) is 8.05. The molecule has 2 aromatic carbocycles. The van der Waals surface area contributed by atoms with E-state index in [2.05, 4.69) is 0 Å². The topological polar surface area (TPSA) is 102 Å². The largest absolute Gasteiger partial charge is 0.508 e. The molecule has 3 N–H and O–H groups in total. The molecule has 0 aliphatic carbocycles. The molecular formula is C18H20N2O5. The summed E-state index contributed by atoms with van der Waals surface area (Å²) in [5, 5.41) is 9.24. The second-order valence-corrected chi connectivity index (χ2v) is 5.23. The van der Waals surface area contributed by atoms with Crippen LogP contribution in [-0.2, 0) is 9.53 Å². The van der Waals surface area contributed by atoms with Gasteiger partial charge < -0.3 is 25.2 Å². The van der Waals surface area contributed by atoms with Crippen LogP contribution in [0.1, 0.15) is 17.3 Å². The van der Waals surface area contributed by atoms with Gasteiger partial charge in [0, 0.05) is 12.7 Å². The fourth-order valence-corrected chi connectivity index (χ4v) is 2.13. The summed E-state index contributed by atoms with van der Waals surface area (Å²) < 4.78 is 10.4. The highest BCUT2D eigenvalue weighted by Gasteiger charge is 2.20. The number of phenols is 1. The Morgan fingerprint density at radius 3 is 2.48 bits per heavy atom. The van der Waals surface area contributed by atoms with Gasteiger partial charge in [0.2, 0.25) is 0 Å². The quantitative estimate of drug-likeness (QED) is 0.615. The van der Waals surface area contributed by atoms with Crippen molar-refractivity contribution in [2.75, 3.05) is 30.9 Å². The number of nitrogens with two attached hydrogens (primary N) is 1. The van der Waals surface area contributed by atoms with Gasteiger partial charge in [-0.3, -0.25) is 4.79 Å². The van der Waals surface area contributed by atoms with E-state index in [1.165, 1.54) is 36.2 Å². The lowest BCUT2D eigenvalue weighted by Crippen LogP contribution is -2.32. The van der Waals surface area contributed by atoms with Crippen LogP contribution in [0.4, 0.5) is 11.4 Å². The summed E-state index contributed by atoms with van der Waals surface area (Å²) in [6.07, 6.45) is 0. The molecule has 0 heterocycles. The minimum Gasteiger partial charge on any atom is -0.508 e. The molecule has 7 heteroatoms. The maximum absolute atomic E-state index is 12.4. The van der Waals surface area contributed by atoms with E-state index in [4.69, 9.17) is 15.2 Å². The number of phenolic OH excluding ortho intramolecular Hbond substituents is 1. The number of carbonyl (C=O) groups excluding carboxylic acids is 2. The maximum atomic E-state index is 12.4. The molecule has 0 aliphatic rings. The minimum absolute atomic E-state index is 0.106. The van der Waals surface area contributed by atoms with Crippen LogP contribution in [0.2, 0.25) is 0 Å². The first-order chi connectivity index (χ1) is 11.9. The lowest BCUT2D eigenvalue weighted by Gasteiger charge is -2.20. The number of anilines is 2. The molecule has 1 amide bonds. The van der Waals surface area contributed by atoms with E-state index in [1.807, 2.05) is 0 Å². The zero-order valence-corrected chi connectivity index (χ0v) is 14.1. The molecule has 0 saturated heterocycles. The fraction of sp³-hybridized carbons (Fsp3) is 0.222. The molecule has 0 aromatic heterocycles. The number of nitrogen functional groups attached to an aromatic ring is 1. The van der Waals surface area contributed by atoms with Crippen LogP contribution in [0.5, 0.6) is 11.5 Å². The first-order valence-electron chi connectivity index (χ1n) is 7.67. The maximum Gasteiger partial charge on any atom is 0.340 e. The zero-order valence-electron chi connectivity index (χ0n) is 14.1. The van der Waals surface area contributed by atoms with E-state index < -0.39 is 5.97 Å². The van der Waals surface area contributed by atoms with Crippen molar-refractivity contribution in [3.05, 3.63) is 48.0 Å². The Morgan fingerprint density at radius 1 is 1.16 bits per heavy atom. The van der Waals surface area contributed by atoms with Gasteiger partial charge in [0.15, 0.2) is 6.61 Å². The van der Waals surface area contributed by atoms with Gasteiger partial charge in [0.1, 0.15) is 11.5 Å². The van der Waals surface area contributed by atoms with Crippen molar-refractivity contribution >= 4 is 23.3 Å². The fourth-order valence-electron chi connectivity index (χ4n) is 2.13. The van der Waals surface area contributed by atoms with Gasteiger partial charge in [0.25, 0.3) is 5.91 Å². The molecule has 132 valence electrons. The van der Waals surface area contributed by atoms with Gasteiger partial charge >= 0.3 is 5.97 Å². The van der Waals surface area contributed by atoms with Crippen molar-refractivity contribution < 1.29 is 24.2 Å². The monoisotopic (exact) mass is 344 g/mol. The Balaban J connectivity index is 2.14. The van der Waals surface area contributed by atoms with Crippen LogP contribution in [-0.4, -0.2) is 37.2 Å². The number of rotatable bonds is 6. The highest BCUT2D eigenvalue weighted by Crippen LogP contribution is 2.24. The van der Waals surface area contributed by atoms with E-state index in [9.17, 15) is 14.7 Å². The van der Waals surface area contributed by atoms with Crippen molar-refractivity contribution in [1.82, 2.24) is 0 Å². The predicted octanol–water partition coefficient (Wildman–Crippen LogP) is 2.19. The summed E-state index contributed by atoms with van der Waals surface area (Å²) in [5.74, 6) is -0.354. The van der Waals surface area contributed by atoms with E-state index >= 15 is 0 Å². The summed E-state index contributed by atoms with van der Waals surface area (Å²) in [7, 11) is 1.53. The Kier molecular flexibility index (Phi) is 5.84. The van der Waals surface area contributed by atoms with Crippen LogP contribution in [0, 0.1) is 0 Å². The molecule has 0 spiro atoms. The van der Waals surface area contributed by atoms with Gasteiger partial charge in [-0.1, -0.05) is 0 Å². The Labute approximate surface area is 145 Å². The number of esters is 1. The summed E-state index contributed by atoms with van der Waals surface area (Å²) >= 11 is 0. The van der Waals surface area contributed by atoms with Gasteiger partial charge in [-0.25, -0.2) is 4.79 Å². The molecule has 7 nitrogen and oxygen atoms in total. The highest BCUT2D eigenvalue weighted by atomic mass is 16.5. The van der Waals surface area contributed by atoms with Crippen LogP contribution >= 0.6 is 0 Å². The van der Waals surface area contributed by atoms with Crippen molar-refractivity contribution in [2.24, 2.45) is 0 Å². The summed E-state index contributed by atoms with van der Waals surface area (Å²) in [6, 6.07) is 10.6. The first-order valence-corrected chi connectivity index (χ1v) is 7.67. The molecule has 0 atom stereocenters. The van der Waals surface area contributed by atoms with Crippen molar-refractivity contribution in [1.29, 1.82) is 0 Å². The smallest absolute Gasteiger partial charge is 0.340 e. The second-order valence-electron chi connectivity index (χ2n) is 5.23. The average molecular weight is 344 g/mol. The number of benzene rings is 2.